The highest BCUT2D eigenvalue weighted by atomic mass is 16.5. The Morgan fingerprint density at radius 3 is 2.69 bits per heavy atom. The molecule has 0 spiro atoms. The van der Waals surface area contributed by atoms with Crippen LogP contribution < -0.4 is 29.6 Å². The van der Waals surface area contributed by atoms with E-state index in [1.807, 2.05) is 18.2 Å². The summed E-state index contributed by atoms with van der Waals surface area (Å²) < 4.78 is 22.1. The molecule has 4 rings (SSSR count). The van der Waals surface area contributed by atoms with Crippen molar-refractivity contribution >= 4 is 6.03 Å². The molecular formula is C22H26N2O5. The fourth-order valence-electron chi connectivity index (χ4n) is 3.86. The molecule has 29 heavy (non-hydrogen) atoms. The van der Waals surface area contributed by atoms with E-state index in [0.29, 0.717) is 44.2 Å². The fourth-order valence-corrected chi connectivity index (χ4v) is 3.86. The van der Waals surface area contributed by atoms with Crippen molar-refractivity contribution in [3.63, 3.8) is 0 Å². The topological polar surface area (TPSA) is 78.1 Å². The number of carbonyl (C=O) groups excluding carboxylic acids is 1. The predicted octanol–water partition coefficient (Wildman–Crippen LogP) is 2.62. The van der Waals surface area contributed by atoms with Gasteiger partial charge in [0.15, 0.2) is 11.5 Å². The largest absolute Gasteiger partial charge is 0.493 e. The molecule has 2 N–H and O–H groups in total. The molecule has 0 aromatic heterocycles. The van der Waals surface area contributed by atoms with Crippen molar-refractivity contribution < 1.29 is 23.7 Å². The van der Waals surface area contributed by atoms with E-state index in [1.165, 1.54) is 0 Å². The van der Waals surface area contributed by atoms with Crippen molar-refractivity contribution in [1.82, 2.24) is 10.6 Å². The third kappa shape index (κ3) is 4.04. The summed E-state index contributed by atoms with van der Waals surface area (Å²) in [6, 6.07) is 7.64. The molecule has 0 unspecified atom stereocenters. The monoisotopic (exact) mass is 398 g/mol. The second-order valence-electron chi connectivity index (χ2n) is 7.07. The number of urea groups is 1. The molecule has 0 saturated heterocycles. The van der Waals surface area contributed by atoms with E-state index < -0.39 is 0 Å². The fraction of sp³-hybridized carbons (Fsp3) is 0.409. The molecule has 2 aliphatic heterocycles. The quantitative estimate of drug-likeness (QED) is 0.750. The summed E-state index contributed by atoms with van der Waals surface area (Å²) >= 11 is 0. The SMILES string of the molecule is COc1ccc(CCNC(=O)NCc2c3c(cc4c2OCC4)OCC3)cc1OC. The van der Waals surface area contributed by atoms with Crippen molar-refractivity contribution in [2.45, 2.75) is 25.8 Å². The molecule has 2 amide bonds. The second-order valence-corrected chi connectivity index (χ2v) is 7.07. The third-order valence-electron chi connectivity index (χ3n) is 5.33. The van der Waals surface area contributed by atoms with Crippen LogP contribution in [0.25, 0.3) is 0 Å². The number of rotatable bonds is 7. The summed E-state index contributed by atoms with van der Waals surface area (Å²) in [5, 5.41) is 5.86. The van der Waals surface area contributed by atoms with Gasteiger partial charge < -0.3 is 29.6 Å². The van der Waals surface area contributed by atoms with Crippen LogP contribution in [-0.4, -0.2) is 40.0 Å². The maximum absolute atomic E-state index is 12.3. The molecule has 2 aliphatic rings. The van der Waals surface area contributed by atoms with Crippen molar-refractivity contribution in [3.05, 3.63) is 46.5 Å². The van der Waals surface area contributed by atoms with E-state index in [1.54, 1.807) is 14.2 Å². The highest BCUT2D eigenvalue weighted by molar-refractivity contribution is 5.74. The van der Waals surface area contributed by atoms with Gasteiger partial charge in [0.1, 0.15) is 11.5 Å². The average molecular weight is 398 g/mol. The maximum Gasteiger partial charge on any atom is 0.315 e. The lowest BCUT2D eigenvalue weighted by atomic mass is 9.99. The smallest absolute Gasteiger partial charge is 0.315 e. The van der Waals surface area contributed by atoms with Crippen LogP contribution in [0.5, 0.6) is 23.0 Å². The summed E-state index contributed by atoms with van der Waals surface area (Å²) in [7, 11) is 3.22. The van der Waals surface area contributed by atoms with Gasteiger partial charge in [-0.05, 0) is 30.2 Å². The number of carbonyl (C=O) groups is 1. The Bertz CT molecular complexity index is 880. The first kappa shape index (κ1) is 19.2. The van der Waals surface area contributed by atoms with Gasteiger partial charge in [-0.25, -0.2) is 4.79 Å². The number of benzene rings is 2. The van der Waals surface area contributed by atoms with Gasteiger partial charge in [0.2, 0.25) is 0 Å². The average Bonchev–Trinajstić information content (AvgIpc) is 3.40. The van der Waals surface area contributed by atoms with Crippen molar-refractivity contribution in [3.8, 4) is 23.0 Å². The molecule has 0 saturated carbocycles. The van der Waals surface area contributed by atoms with Gasteiger partial charge in [0, 0.05) is 42.6 Å². The van der Waals surface area contributed by atoms with E-state index >= 15 is 0 Å². The van der Waals surface area contributed by atoms with Gasteiger partial charge in [-0.15, -0.1) is 0 Å². The molecule has 0 aliphatic carbocycles. The Morgan fingerprint density at radius 1 is 1.03 bits per heavy atom. The van der Waals surface area contributed by atoms with E-state index in [2.05, 4.69) is 16.7 Å². The zero-order valence-corrected chi connectivity index (χ0v) is 16.8. The van der Waals surface area contributed by atoms with E-state index in [4.69, 9.17) is 18.9 Å². The van der Waals surface area contributed by atoms with Crippen molar-refractivity contribution in [1.29, 1.82) is 0 Å². The van der Waals surface area contributed by atoms with Gasteiger partial charge in [-0.3, -0.25) is 0 Å². The minimum atomic E-state index is -0.200. The lowest BCUT2D eigenvalue weighted by molar-refractivity contribution is 0.240. The Balaban J connectivity index is 1.32. The molecule has 154 valence electrons. The van der Waals surface area contributed by atoms with Gasteiger partial charge in [0.25, 0.3) is 0 Å². The number of ether oxygens (including phenoxy) is 4. The van der Waals surface area contributed by atoms with E-state index in [9.17, 15) is 4.79 Å². The standard InChI is InChI=1S/C22H26N2O5/c1-26-18-4-3-14(11-20(18)27-2)5-8-23-22(25)24-13-17-16-7-10-28-19(16)12-15-6-9-29-21(15)17/h3-4,11-12H,5-10,13H2,1-2H3,(H2,23,24,25). The van der Waals surface area contributed by atoms with Crippen LogP contribution in [-0.2, 0) is 25.8 Å². The van der Waals surface area contributed by atoms with Gasteiger partial charge >= 0.3 is 6.03 Å². The summed E-state index contributed by atoms with van der Waals surface area (Å²) in [6.45, 7) is 2.31. The zero-order chi connectivity index (χ0) is 20.2. The molecule has 2 aromatic carbocycles. The number of methoxy groups -OCH3 is 2. The van der Waals surface area contributed by atoms with E-state index in [-0.39, 0.29) is 6.03 Å². The van der Waals surface area contributed by atoms with Crippen LogP contribution in [0, 0.1) is 0 Å². The van der Waals surface area contributed by atoms with Gasteiger partial charge in [-0.2, -0.15) is 0 Å². The summed E-state index contributed by atoms with van der Waals surface area (Å²) in [6.07, 6.45) is 2.43. The number of hydrogen-bond donors (Lipinski definition) is 2. The Morgan fingerprint density at radius 2 is 1.86 bits per heavy atom. The molecule has 2 heterocycles. The molecule has 7 heteroatoms. The maximum atomic E-state index is 12.3. The lowest BCUT2D eigenvalue weighted by Crippen LogP contribution is -2.36. The molecule has 0 atom stereocenters. The van der Waals surface area contributed by atoms with Crippen molar-refractivity contribution in [2.24, 2.45) is 0 Å². The number of fused-ring (bicyclic) bond motifs is 2. The first-order valence-corrected chi connectivity index (χ1v) is 9.85. The first-order valence-electron chi connectivity index (χ1n) is 9.85. The summed E-state index contributed by atoms with van der Waals surface area (Å²) in [5.74, 6) is 3.22. The molecular weight excluding hydrogens is 372 g/mol. The molecule has 2 aromatic rings. The Hall–Kier alpha value is -3.09. The van der Waals surface area contributed by atoms with Crippen LogP contribution in [0.1, 0.15) is 22.3 Å². The van der Waals surface area contributed by atoms with Crippen LogP contribution in [0.3, 0.4) is 0 Å². The highest BCUT2D eigenvalue weighted by Crippen LogP contribution is 2.40. The molecule has 0 fully saturated rings. The summed E-state index contributed by atoms with van der Waals surface area (Å²) in [5.41, 5.74) is 4.42. The van der Waals surface area contributed by atoms with Gasteiger partial charge in [-0.1, -0.05) is 6.07 Å². The molecule has 0 radical (unpaired) electrons. The minimum Gasteiger partial charge on any atom is -0.493 e. The number of nitrogens with one attached hydrogen (secondary N) is 2. The second kappa shape index (κ2) is 8.51. The van der Waals surface area contributed by atoms with E-state index in [0.717, 1.165) is 46.6 Å². The first-order chi connectivity index (χ1) is 14.2. The van der Waals surface area contributed by atoms with Crippen LogP contribution in [0.15, 0.2) is 24.3 Å². The number of hydrogen-bond acceptors (Lipinski definition) is 5. The molecule has 7 nitrogen and oxygen atoms in total. The minimum absolute atomic E-state index is 0.200. The van der Waals surface area contributed by atoms with Crippen LogP contribution in [0.4, 0.5) is 4.79 Å². The molecule has 0 bridgehead atoms. The third-order valence-corrected chi connectivity index (χ3v) is 5.33. The van der Waals surface area contributed by atoms with Crippen LogP contribution in [0.2, 0.25) is 0 Å². The predicted molar refractivity (Wildman–Crippen MR) is 108 cm³/mol. The van der Waals surface area contributed by atoms with Crippen LogP contribution >= 0.6 is 0 Å². The Kier molecular flexibility index (Phi) is 5.64. The normalized spacial score (nSPS) is 13.7. The Labute approximate surface area is 170 Å². The summed E-state index contributed by atoms with van der Waals surface area (Å²) in [4.78, 5) is 12.3. The zero-order valence-electron chi connectivity index (χ0n) is 16.8. The van der Waals surface area contributed by atoms with Gasteiger partial charge in [0.05, 0.1) is 27.4 Å². The van der Waals surface area contributed by atoms with Crippen molar-refractivity contribution in [2.75, 3.05) is 34.0 Å². The lowest BCUT2D eigenvalue weighted by Gasteiger charge is -2.14. The highest BCUT2D eigenvalue weighted by Gasteiger charge is 2.26. The number of amides is 2.